The van der Waals surface area contributed by atoms with E-state index in [0.29, 0.717) is 28.6 Å². The number of pyridine rings is 1. The average Bonchev–Trinajstić information content (AvgIpc) is 3.16. The number of aliphatic hydroxyl groups excluding tert-OH is 1. The number of aromatic nitrogens is 2. The third kappa shape index (κ3) is 7.33. The number of thiazole rings is 1. The second kappa shape index (κ2) is 12.0. The molecule has 2 atom stereocenters. The van der Waals surface area contributed by atoms with Crippen LogP contribution in [0, 0.1) is 11.8 Å². The molecule has 0 aromatic carbocycles. The van der Waals surface area contributed by atoms with E-state index in [0.717, 1.165) is 0 Å². The third-order valence-corrected chi connectivity index (χ3v) is 4.22. The number of nitrogens with zero attached hydrogens (tertiary/aromatic N) is 2. The zero-order valence-electron chi connectivity index (χ0n) is 15.7. The van der Waals surface area contributed by atoms with Crippen LogP contribution in [-0.2, 0) is 9.74 Å². The summed E-state index contributed by atoms with van der Waals surface area (Å²) in [4.78, 5) is 23.2. The lowest BCUT2D eigenvalue weighted by Gasteiger charge is -2.12. The second-order valence-corrected chi connectivity index (χ2v) is 6.16. The Labute approximate surface area is 162 Å². The lowest BCUT2D eigenvalue weighted by molar-refractivity contribution is -0.183. The monoisotopic (exact) mass is 394 g/mol. The minimum absolute atomic E-state index is 0.210. The van der Waals surface area contributed by atoms with E-state index in [1.54, 1.807) is 30.6 Å². The number of rotatable bonds is 6. The zero-order chi connectivity index (χ0) is 20.2. The van der Waals surface area contributed by atoms with E-state index in [4.69, 9.17) is 4.74 Å². The van der Waals surface area contributed by atoms with Crippen molar-refractivity contribution in [2.75, 3.05) is 7.11 Å². The van der Waals surface area contributed by atoms with Crippen molar-refractivity contribution in [3.05, 3.63) is 40.0 Å². The highest BCUT2D eigenvalue weighted by atomic mass is 32.1. The average molecular weight is 394 g/mol. The van der Waals surface area contributed by atoms with Gasteiger partial charge >= 0.3 is 5.97 Å². The predicted molar refractivity (Wildman–Crippen MR) is 101 cm³/mol. The van der Waals surface area contributed by atoms with Crippen LogP contribution < -0.4 is 4.74 Å². The topological polar surface area (TPSA) is 81.5 Å². The van der Waals surface area contributed by atoms with Crippen LogP contribution in [0.2, 0.25) is 0 Å². The number of hydrogen-bond acceptors (Lipinski definition) is 7. The summed E-state index contributed by atoms with van der Waals surface area (Å²) in [6, 6.07) is 3.39. The SMILES string of the molecule is CC.COc1ccc(C(CC(=O)OF)c2nc(C#CCC(C)O)cs2)cn1. The van der Waals surface area contributed by atoms with E-state index in [1.165, 1.54) is 18.4 Å². The Balaban J connectivity index is 0.00000176. The molecule has 27 heavy (non-hydrogen) atoms. The number of hydrogen-bond donors (Lipinski definition) is 1. The molecule has 0 aliphatic rings. The molecule has 0 spiro atoms. The summed E-state index contributed by atoms with van der Waals surface area (Å²) in [5, 5.41) is 11.6. The van der Waals surface area contributed by atoms with Gasteiger partial charge in [-0.15, -0.1) is 11.3 Å². The van der Waals surface area contributed by atoms with Gasteiger partial charge < -0.3 is 9.84 Å². The zero-order valence-corrected chi connectivity index (χ0v) is 16.5. The highest BCUT2D eigenvalue weighted by Gasteiger charge is 2.23. The van der Waals surface area contributed by atoms with Gasteiger partial charge in [-0.1, -0.05) is 25.8 Å². The quantitative estimate of drug-likeness (QED) is 0.754. The van der Waals surface area contributed by atoms with Crippen LogP contribution in [0.1, 0.15) is 55.8 Å². The molecule has 2 aromatic rings. The highest BCUT2D eigenvalue weighted by molar-refractivity contribution is 7.09. The molecular formula is C19H23FN2O4S. The normalized spacial score (nSPS) is 11.9. The summed E-state index contributed by atoms with van der Waals surface area (Å²) in [5.41, 5.74) is 1.21. The largest absolute Gasteiger partial charge is 0.481 e. The summed E-state index contributed by atoms with van der Waals surface area (Å²) in [6.07, 6.45) is 1.17. The highest BCUT2D eigenvalue weighted by Crippen LogP contribution is 2.31. The molecule has 6 nitrogen and oxygen atoms in total. The molecule has 0 fully saturated rings. The van der Waals surface area contributed by atoms with E-state index in [1.807, 2.05) is 13.8 Å². The molecule has 8 heteroatoms. The van der Waals surface area contributed by atoms with Crippen LogP contribution in [0.4, 0.5) is 4.53 Å². The van der Waals surface area contributed by atoms with Gasteiger partial charge in [0.2, 0.25) is 5.88 Å². The molecule has 0 bridgehead atoms. The number of methoxy groups -OCH3 is 1. The van der Waals surface area contributed by atoms with Crippen molar-refractivity contribution in [2.24, 2.45) is 0 Å². The molecule has 0 saturated heterocycles. The number of ether oxygens (including phenoxy) is 1. The fourth-order valence-electron chi connectivity index (χ4n) is 2.06. The van der Waals surface area contributed by atoms with E-state index in [9.17, 15) is 14.4 Å². The van der Waals surface area contributed by atoms with E-state index in [2.05, 4.69) is 26.8 Å². The standard InChI is InChI=1S/C17H17FN2O4S.C2H6/c1-11(21)4-3-5-13-10-25-17(20-13)14(8-16(22)24-18)12-6-7-15(23-2)19-9-12;1-2/h6-7,9-11,14,21H,4,8H2,1-2H3;1-2H3. The van der Waals surface area contributed by atoms with Crippen LogP contribution in [0.15, 0.2) is 23.7 Å². The molecule has 2 heterocycles. The van der Waals surface area contributed by atoms with Gasteiger partial charge in [0.1, 0.15) is 10.7 Å². The van der Waals surface area contributed by atoms with Crippen LogP contribution in [0.3, 0.4) is 0 Å². The van der Waals surface area contributed by atoms with Crippen molar-refractivity contribution in [3.8, 4) is 17.7 Å². The number of carbonyl (C=O) groups is 1. The maximum atomic E-state index is 12.2. The summed E-state index contributed by atoms with van der Waals surface area (Å²) >= 11 is 1.31. The first kappa shape index (κ1) is 22.5. The van der Waals surface area contributed by atoms with Crippen molar-refractivity contribution in [1.29, 1.82) is 0 Å². The Kier molecular flexibility index (Phi) is 10.0. The molecule has 0 aliphatic carbocycles. The van der Waals surface area contributed by atoms with Crippen molar-refractivity contribution < 1.29 is 24.1 Å². The molecular weight excluding hydrogens is 371 g/mol. The van der Waals surface area contributed by atoms with Gasteiger partial charge in [-0.05, 0) is 18.4 Å². The summed E-state index contributed by atoms with van der Waals surface area (Å²) in [6.45, 7) is 5.65. The van der Waals surface area contributed by atoms with Crippen molar-refractivity contribution in [3.63, 3.8) is 0 Å². The number of carbonyl (C=O) groups excluding carboxylic acids is 1. The minimum Gasteiger partial charge on any atom is -0.481 e. The van der Waals surface area contributed by atoms with Gasteiger partial charge in [0.15, 0.2) is 0 Å². The summed E-state index contributed by atoms with van der Waals surface area (Å²) in [5.74, 6) is 4.62. The Morgan fingerprint density at radius 2 is 2.15 bits per heavy atom. The van der Waals surface area contributed by atoms with E-state index < -0.39 is 18.0 Å². The molecule has 0 amide bonds. The van der Waals surface area contributed by atoms with Crippen molar-refractivity contribution in [1.82, 2.24) is 9.97 Å². The van der Waals surface area contributed by atoms with Crippen LogP contribution in [0.5, 0.6) is 5.88 Å². The summed E-state index contributed by atoms with van der Waals surface area (Å²) < 4.78 is 17.2. The van der Waals surface area contributed by atoms with Crippen LogP contribution in [-0.4, -0.2) is 34.3 Å². The van der Waals surface area contributed by atoms with Gasteiger partial charge in [0, 0.05) is 34.5 Å². The predicted octanol–water partition coefficient (Wildman–Crippen LogP) is 3.65. The van der Waals surface area contributed by atoms with Gasteiger partial charge in [-0.2, -0.15) is 0 Å². The van der Waals surface area contributed by atoms with E-state index in [-0.39, 0.29) is 6.42 Å². The fraction of sp³-hybridized carbons (Fsp3) is 0.421. The first-order valence-corrected chi connectivity index (χ1v) is 9.35. The fourth-order valence-corrected chi connectivity index (χ4v) is 2.94. The van der Waals surface area contributed by atoms with Crippen LogP contribution in [0.25, 0.3) is 0 Å². The molecule has 1 N–H and O–H groups in total. The minimum atomic E-state index is -0.988. The molecule has 146 valence electrons. The van der Waals surface area contributed by atoms with Crippen molar-refractivity contribution >= 4 is 17.3 Å². The van der Waals surface area contributed by atoms with E-state index >= 15 is 0 Å². The smallest absolute Gasteiger partial charge is 0.349 e. The van der Waals surface area contributed by atoms with Gasteiger partial charge in [0.05, 0.1) is 19.6 Å². The number of halogens is 1. The Morgan fingerprint density at radius 1 is 1.41 bits per heavy atom. The molecule has 0 radical (unpaired) electrons. The van der Waals surface area contributed by atoms with Gasteiger partial charge in [-0.3, -0.25) is 4.94 Å². The maximum absolute atomic E-state index is 12.2. The lowest BCUT2D eigenvalue weighted by atomic mass is 9.98. The maximum Gasteiger partial charge on any atom is 0.349 e. The second-order valence-electron chi connectivity index (χ2n) is 5.27. The Morgan fingerprint density at radius 3 is 2.70 bits per heavy atom. The molecule has 2 rings (SSSR count). The van der Waals surface area contributed by atoms with Crippen LogP contribution >= 0.6 is 11.3 Å². The molecule has 0 aliphatic heterocycles. The van der Waals surface area contributed by atoms with Gasteiger partial charge in [0.25, 0.3) is 0 Å². The molecule has 2 unspecified atom stereocenters. The Hall–Kier alpha value is -2.50. The summed E-state index contributed by atoms with van der Waals surface area (Å²) in [7, 11) is 1.50. The Bertz CT molecular complexity index is 766. The van der Waals surface area contributed by atoms with Crippen molar-refractivity contribution in [2.45, 2.75) is 45.6 Å². The molecule has 2 aromatic heterocycles. The number of aliphatic hydroxyl groups is 1. The first-order valence-electron chi connectivity index (χ1n) is 8.47. The third-order valence-electron chi connectivity index (χ3n) is 3.26. The van der Waals surface area contributed by atoms with Gasteiger partial charge in [-0.25, -0.2) is 14.8 Å². The first-order chi connectivity index (χ1) is 13.0. The molecule has 0 saturated carbocycles. The lowest BCUT2D eigenvalue weighted by Crippen LogP contribution is -2.09.